The lowest BCUT2D eigenvalue weighted by Crippen LogP contribution is -2.67. The van der Waals surface area contributed by atoms with Crippen molar-refractivity contribution < 1.29 is 14.0 Å². The number of fused-ring (bicyclic) bond motifs is 4. The molecule has 0 atom stereocenters. The molecule has 6 heteroatoms. The maximum Gasteiger partial charge on any atom is 0.357 e. The summed E-state index contributed by atoms with van der Waals surface area (Å²) in [5.74, 6) is -0.336. The molecule has 1 aliphatic carbocycles. The van der Waals surface area contributed by atoms with Gasteiger partial charge in [-0.25, -0.2) is 14.8 Å². The zero-order valence-electron chi connectivity index (χ0n) is 26.8. The molecule has 2 heterocycles. The molecule has 0 amide bonds. The van der Waals surface area contributed by atoms with Crippen LogP contribution in [0, 0.1) is 6.92 Å². The standard InChI is InChI=1S/C39H40N2O3Si/c1-25-35-26(2)37(41-34(35)24-32-31-18-12-13-19-33(31)40-36(25)32)38(42)43-27-20-22-28(23-21-27)44-45(39(3,4)5,29-14-8-6-9-15-29)30-16-10-7-11-17-30/h6-19,24,27-28H,20-23H2,1-5H3/t27-,28-. The lowest BCUT2D eigenvalue weighted by Gasteiger charge is -2.46. The first kappa shape index (κ1) is 29.6. The van der Waals surface area contributed by atoms with E-state index in [1.54, 1.807) is 0 Å². The van der Waals surface area contributed by atoms with E-state index in [4.69, 9.17) is 19.1 Å². The van der Waals surface area contributed by atoms with E-state index in [9.17, 15) is 4.79 Å². The Hall–Kier alpha value is -4.13. The molecule has 5 nitrogen and oxygen atoms in total. The van der Waals surface area contributed by atoms with E-state index < -0.39 is 8.32 Å². The number of ether oxygens (including phenoxy) is 1. The second-order valence-electron chi connectivity index (χ2n) is 13.6. The van der Waals surface area contributed by atoms with Crippen LogP contribution in [0.2, 0.25) is 5.04 Å². The van der Waals surface area contributed by atoms with Crippen molar-refractivity contribution in [3.05, 3.63) is 119 Å². The van der Waals surface area contributed by atoms with Crippen LogP contribution in [0.1, 0.15) is 64.5 Å². The van der Waals surface area contributed by atoms with E-state index in [-0.39, 0.29) is 23.2 Å². The molecule has 0 bridgehead atoms. The van der Waals surface area contributed by atoms with Crippen LogP contribution in [0.3, 0.4) is 0 Å². The Morgan fingerprint density at radius 1 is 0.756 bits per heavy atom. The summed E-state index contributed by atoms with van der Waals surface area (Å²) in [6.07, 6.45) is 3.20. The van der Waals surface area contributed by atoms with Gasteiger partial charge in [0.1, 0.15) is 6.10 Å². The molecule has 7 rings (SSSR count). The Morgan fingerprint density at radius 3 is 1.96 bits per heavy atom. The van der Waals surface area contributed by atoms with Crippen LogP contribution in [-0.2, 0) is 14.0 Å². The minimum atomic E-state index is -2.63. The Morgan fingerprint density at radius 2 is 1.33 bits per heavy atom. The Bertz CT molecular complexity index is 1900. The van der Waals surface area contributed by atoms with Crippen molar-refractivity contribution in [2.24, 2.45) is 9.98 Å². The summed E-state index contributed by atoms with van der Waals surface area (Å²) in [5, 5.41) is 4.30. The van der Waals surface area contributed by atoms with Crippen molar-refractivity contribution in [2.45, 2.75) is 77.5 Å². The summed E-state index contributed by atoms with van der Waals surface area (Å²) in [6.45, 7) is 11.0. The van der Waals surface area contributed by atoms with E-state index in [1.165, 1.54) is 10.4 Å². The number of carbonyl (C=O) groups is 1. The molecule has 4 aromatic rings. The van der Waals surface area contributed by atoms with E-state index in [2.05, 4.69) is 100 Å². The first-order valence-electron chi connectivity index (χ1n) is 16.1. The number of hydrogen-bond acceptors (Lipinski definition) is 5. The molecule has 0 N–H and O–H groups in total. The molecule has 228 valence electrons. The largest absolute Gasteiger partial charge is 0.458 e. The van der Waals surface area contributed by atoms with Crippen molar-refractivity contribution in [3.8, 4) is 11.1 Å². The van der Waals surface area contributed by atoms with Crippen molar-refractivity contribution in [1.82, 2.24) is 0 Å². The molecular formula is C39H40N2O3Si. The SMILES string of the molecule is CC1=C(C(=O)O[C@H]2CC[C@H](O[Si](c3ccccc3)(c3ccccc3)C(C)(C)C)CC2)N=c2cc3c(c(C)c21)=Nc1ccccc1-3. The minimum absolute atomic E-state index is 0.0737. The summed E-state index contributed by atoms with van der Waals surface area (Å²) >= 11 is 0. The fourth-order valence-electron chi connectivity index (χ4n) is 7.56. The molecule has 45 heavy (non-hydrogen) atoms. The van der Waals surface area contributed by atoms with Gasteiger partial charge < -0.3 is 9.16 Å². The molecule has 3 aliphatic rings. The quantitative estimate of drug-likeness (QED) is 0.158. The highest BCUT2D eigenvalue weighted by atomic mass is 28.4. The van der Waals surface area contributed by atoms with Crippen LogP contribution in [0.4, 0.5) is 5.69 Å². The summed E-state index contributed by atoms with van der Waals surface area (Å²) in [4.78, 5) is 23.2. The first-order valence-corrected chi connectivity index (χ1v) is 18.0. The number of hydrogen-bond donors (Lipinski definition) is 0. The minimum Gasteiger partial charge on any atom is -0.458 e. The van der Waals surface area contributed by atoms with Gasteiger partial charge in [0.15, 0.2) is 5.70 Å². The number of para-hydroxylation sites is 1. The van der Waals surface area contributed by atoms with Crippen molar-refractivity contribution >= 4 is 35.9 Å². The smallest absolute Gasteiger partial charge is 0.357 e. The summed E-state index contributed by atoms with van der Waals surface area (Å²) in [5.41, 5.74) is 6.51. The van der Waals surface area contributed by atoms with Gasteiger partial charge in [-0.1, -0.05) is 99.6 Å². The first-order chi connectivity index (χ1) is 21.7. The third-order valence-electron chi connectivity index (χ3n) is 9.76. The topological polar surface area (TPSA) is 60.2 Å². The van der Waals surface area contributed by atoms with Crippen LogP contribution in [0.25, 0.3) is 16.7 Å². The van der Waals surface area contributed by atoms with Gasteiger partial charge in [0.2, 0.25) is 0 Å². The lowest BCUT2D eigenvalue weighted by molar-refractivity contribution is -0.146. The van der Waals surface area contributed by atoms with E-state index in [0.29, 0.717) is 5.70 Å². The number of benzene rings is 4. The van der Waals surface area contributed by atoms with Crippen LogP contribution < -0.4 is 21.1 Å². The van der Waals surface area contributed by atoms with Gasteiger partial charge in [-0.2, -0.15) is 0 Å². The zero-order chi connectivity index (χ0) is 31.3. The maximum absolute atomic E-state index is 13.5. The third kappa shape index (κ3) is 5.01. The lowest BCUT2D eigenvalue weighted by atomic mass is 9.95. The van der Waals surface area contributed by atoms with Crippen LogP contribution in [0.5, 0.6) is 0 Å². The number of carbonyl (C=O) groups excluding carboxylic acids is 1. The molecule has 1 fully saturated rings. The maximum atomic E-state index is 13.5. The Kier molecular flexibility index (Phi) is 7.45. The number of nitrogens with zero attached hydrogens (tertiary/aromatic N) is 2. The molecule has 0 spiro atoms. The fourth-order valence-corrected chi connectivity index (χ4v) is 12.3. The molecule has 0 saturated heterocycles. The van der Waals surface area contributed by atoms with E-state index in [0.717, 1.165) is 69.9 Å². The van der Waals surface area contributed by atoms with Gasteiger partial charge in [-0.05, 0) is 78.2 Å². The number of esters is 1. The highest BCUT2D eigenvalue weighted by Gasteiger charge is 2.51. The predicted molar refractivity (Wildman–Crippen MR) is 182 cm³/mol. The highest BCUT2D eigenvalue weighted by Crippen LogP contribution is 2.40. The predicted octanol–water partition coefficient (Wildman–Crippen LogP) is 6.72. The molecule has 0 radical (unpaired) electrons. The fraction of sp³-hybridized carbons (Fsp3) is 0.308. The van der Waals surface area contributed by atoms with E-state index in [1.807, 2.05) is 25.1 Å². The van der Waals surface area contributed by atoms with Crippen molar-refractivity contribution in [2.75, 3.05) is 0 Å². The van der Waals surface area contributed by atoms with Gasteiger partial charge in [-0.3, -0.25) is 0 Å². The highest BCUT2D eigenvalue weighted by molar-refractivity contribution is 6.99. The molecule has 1 saturated carbocycles. The molecule has 4 aromatic carbocycles. The van der Waals surface area contributed by atoms with Crippen molar-refractivity contribution in [1.29, 1.82) is 0 Å². The normalized spacial score (nSPS) is 18.9. The van der Waals surface area contributed by atoms with Crippen LogP contribution in [-0.4, -0.2) is 26.5 Å². The van der Waals surface area contributed by atoms with Gasteiger partial charge >= 0.3 is 5.97 Å². The second-order valence-corrected chi connectivity index (χ2v) is 17.8. The van der Waals surface area contributed by atoms with Crippen molar-refractivity contribution in [3.63, 3.8) is 0 Å². The van der Waals surface area contributed by atoms with Gasteiger partial charge in [0.05, 0.1) is 16.4 Å². The monoisotopic (exact) mass is 612 g/mol. The van der Waals surface area contributed by atoms with E-state index >= 15 is 0 Å². The van der Waals surface area contributed by atoms with Crippen LogP contribution in [0.15, 0.2) is 107 Å². The summed E-state index contributed by atoms with van der Waals surface area (Å²) < 4.78 is 13.5. The number of rotatable bonds is 6. The summed E-state index contributed by atoms with van der Waals surface area (Å²) in [6, 6.07) is 31.8. The number of allylic oxidation sites excluding steroid dienone is 1. The molecule has 0 aromatic heterocycles. The van der Waals surface area contributed by atoms with Gasteiger partial charge in [-0.15, -0.1) is 0 Å². The zero-order valence-corrected chi connectivity index (χ0v) is 27.8. The summed E-state index contributed by atoms with van der Waals surface area (Å²) in [7, 11) is -2.63. The Labute approximate surface area is 266 Å². The average Bonchev–Trinajstić information content (AvgIpc) is 3.59. The van der Waals surface area contributed by atoms with Crippen LogP contribution >= 0.6 is 0 Å². The van der Waals surface area contributed by atoms with Gasteiger partial charge in [0, 0.05) is 22.8 Å². The average molecular weight is 613 g/mol. The molecular weight excluding hydrogens is 573 g/mol. The third-order valence-corrected chi connectivity index (χ3v) is 14.9. The molecule has 2 aliphatic heterocycles. The Balaban J connectivity index is 1.08. The molecule has 0 unspecified atom stereocenters. The second kappa shape index (κ2) is 11.3. The van der Waals surface area contributed by atoms with Gasteiger partial charge in [0.25, 0.3) is 8.32 Å².